The fraction of sp³-hybridized carbons (Fsp3) is 0.350. The zero-order chi connectivity index (χ0) is 19.9. The summed E-state index contributed by atoms with van der Waals surface area (Å²) >= 11 is 6.10. The highest BCUT2D eigenvalue weighted by Crippen LogP contribution is 2.41. The molecule has 2 aromatic rings. The molecule has 1 saturated heterocycles. The highest BCUT2D eigenvalue weighted by atomic mass is 35.5. The highest BCUT2D eigenvalue weighted by Gasteiger charge is 2.49. The summed E-state index contributed by atoms with van der Waals surface area (Å²) in [4.78, 5) is 12.6. The Bertz CT molecular complexity index is 997. The summed E-state index contributed by atoms with van der Waals surface area (Å²) in [6.45, 7) is 0.399. The number of sulfonamides is 1. The molecule has 1 heterocycles. The number of piperidine rings is 1. The molecular weight excluding hydrogens is 400 g/mol. The monoisotopic (exact) mass is 420 g/mol. The van der Waals surface area contributed by atoms with Crippen molar-refractivity contribution in [2.45, 2.75) is 29.8 Å². The summed E-state index contributed by atoms with van der Waals surface area (Å²) in [5.74, 6) is 0.433. The molecule has 2 aliphatic rings. The van der Waals surface area contributed by atoms with Crippen molar-refractivity contribution in [2.24, 2.45) is 5.92 Å². The van der Waals surface area contributed by atoms with E-state index in [0.717, 1.165) is 6.42 Å². The number of hydrogen-bond acceptors (Lipinski definition) is 4. The van der Waals surface area contributed by atoms with Gasteiger partial charge in [-0.2, -0.15) is 4.31 Å². The van der Waals surface area contributed by atoms with Crippen LogP contribution in [-0.4, -0.2) is 44.4 Å². The molecule has 1 saturated carbocycles. The second-order valence-corrected chi connectivity index (χ2v) is 9.50. The summed E-state index contributed by atoms with van der Waals surface area (Å²) in [6.07, 6.45) is 1.37. The maximum Gasteiger partial charge on any atom is 0.251 e. The van der Waals surface area contributed by atoms with Crippen molar-refractivity contribution in [3.8, 4) is 5.75 Å². The first-order valence-corrected chi connectivity index (χ1v) is 10.9. The van der Waals surface area contributed by atoms with Gasteiger partial charge in [0.25, 0.3) is 5.91 Å². The molecule has 2 fully saturated rings. The minimum Gasteiger partial charge on any atom is -0.495 e. The summed E-state index contributed by atoms with van der Waals surface area (Å²) in [6, 6.07) is 13.4. The van der Waals surface area contributed by atoms with Gasteiger partial charge in [0.15, 0.2) is 0 Å². The Kier molecular flexibility index (Phi) is 5.07. The summed E-state index contributed by atoms with van der Waals surface area (Å²) < 4.78 is 32.8. The number of benzene rings is 2. The molecule has 28 heavy (non-hydrogen) atoms. The van der Waals surface area contributed by atoms with Crippen LogP contribution in [0.3, 0.4) is 0 Å². The molecule has 1 amide bonds. The Morgan fingerprint density at radius 2 is 1.93 bits per heavy atom. The first-order chi connectivity index (χ1) is 13.4. The number of nitrogens with zero attached hydrogens (tertiary/aromatic N) is 1. The van der Waals surface area contributed by atoms with Crippen LogP contribution in [0, 0.1) is 5.92 Å². The predicted molar refractivity (Wildman–Crippen MR) is 106 cm³/mol. The van der Waals surface area contributed by atoms with Crippen molar-refractivity contribution < 1.29 is 17.9 Å². The van der Waals surface area contributed by atoms with Crippen LogP contribution in [0.5, 0.6) is 5.75 Å². The number of methoxy groups -OCH3 is 1. The second-order valence-electron chi connectivity index (χ2n) is 7.20. The predicted octanol–water partition coefficient (Wildman–Crippen LogP) is 2.93. The molecular formula is C20H21ClN2O4S. The Labute approximate surface area is 169 Å². The Morgan fingerprint density at radius 3 is 2.54 bits per heavy atom. The second kappa shape index (κ2) is 7.39. The lowest BCUT2D eigenvalue weighted by molar-refractivity contribution is 0.0919. The van der Waals surface area contributed by atoms with Crippen LogP contribution in [0.4, 0.5) is 0 Å². The standard InChI is InChI=1S/C20H21ClN2O4S/c1-27-19-8-7-16(11-17(19)21)28(25,26)23-12-14-9-15(23)10-18(14)22-20(24)13-5-3-2-4-6-13/h2-8,11,14-15,18H,9-10,12H2,1H3,(H,22,24)/t14-,15-,18-/m0/s1. The molecule has 0 unspecified atom stereocenters. The fourth-order valence-corrected chi connectivity index (χ4v) is 6.22. The Hall–Kier alpha value is -2.09. The number of halogens is 1. The topological polar surface area (TPSA) is 75.7 Å². The lowest BCUT2D eigenvalue weighted by Crippen LogP contribution is -2.47. The molecule has 8 heteroatoms. The molecule has 148 valence electrons. The maximum atomic E-state index is 13.1. The van der Waals surface area contributed by atoms with Gasteiger partial charge >= 0.3 is 0 Å². The number of fused-ring (bicyclic) bond motifs is 2. The number of ether oxygens (including phenoxy) is 1. The number of carbonyl (C=O) groups is 1. The molecule has 0 radical (unpaired) electrons. The van der Waals surface area contributed by atoms with Crippen molar-refractivity contribution in [1.82, 2.24) is 9.62 Å². The molecule has 3 atom stereocenters. The third kappa shape index (κ3) is 3.38. The number of rotatable bonds is 5. The molecule has 1 aliphatic carbocycles. The van der Waals surface area contributed by atoms with E-state index < -0.39 is 10.0 Å². The van der Waals surface area contributed by atoms with Crippen LogP contribution in [0.2, 0.25) is 5.02 Å². The average Bonchev–Trinajstić information content (AvgIpc) is 3.29. The summed E-state index contributed by atoms with van der Waals surface area (Å²) in [5, 5.41) is 3.33. The Morgan fingerprint density at radius 1 is 1.18 bits per heavy atom. The van der Waals surface area contributed by atoms with Crippen LogP contribution in [0.25, 0.3) is 0 Å². The quantitative estimate of drug-likeness (QED) is 0.806. The van der Waals surface area contributed by atoms with Crippen molar-refractivity contribution in [1.29, 1.82) is 0 Å². The third-order valence-corrected chi connectivity index (χ3v) is 7.78. The number of nitrogens with one attached hydrogen (secondary N) is 1. The summed E-state index contributed by atoms with van der Waals surface area (Å²) in [7, 11) is -2.16. The van der Waals surface area contributed by atoms with Crippen molar-refractivity contribution in [2.75, 3.05) is 13.7 Å². The third-order valence-electron chi connectivity index (χ3n) is 5.57. The first kappa shape index (κ1) is 19.2. The van der Waals surface area contributed by atoms with Gasteiger partial charge in [-0.15, -0.1) is 0 Å². The van der Waals surface area contributed by atoms with Gasteiger partial charge in [-0.25, -0.2) is 8.42 Å². The van der Waals surface area contributed by atoms with Crippen LogP contribution in [-0.2, 0) is 10.0 Å². The summed E-state index contributed by atoms with van der Waals surface area (Å²) in [5.41, 5.74) is 0.614. The molecule has 1 aliphatic heterocycles. The minimum absolute atomic E-state index is 0.0105. The van der Waals surface area contributed by atoms with E-state index in [9.17, 15) is 13.2 Å². The Balaban J connectivity index is 1.46. The number of carbonyl (C=O) groups excluding carboxylic acids is 1. The molecule has 0 aromatic heterocycles. The van der Waals surface area contributed by atoms with Gasteiger partial charge in [0.05, 0.1) is 17.0 Å². The normalized spacial score (nSPS) is 24.3. The minimum atomic E-state index is -3.64. The van der Waals surface area contributed by atoms with Gasteiger partial charge in [0.2, 0.25) is 10.0 Å². The highest BCUT2D eigenvalue weighted by molar-refractivity contribution is 7.89. The fourth-order valence-electron chi connectivity index (χ4n) is 4.17. The van der Waals surface area contributed by atoms with Gasteiger partial charge in [-0.05, 0) is 49.1 Å². The van der Waals surface area contributed by atoms with E-state index in [1.54, 1.807) is 22.5 Å². The van der Waals surface area contributed by atoms with Crippen LogP contribution in [0.15, 0.2) is 53.4 Å². The van der Waals surface area contributed by atoms with E-state index in [2.05, 4.69) is 5.32 Å². The van der Waals surface area contributed by atoms with Gasteiger partial charge in [-0.3, -0.25) is 4.79 Å². The molecule has 6 nitrogen and oxygen atoms in total. The van der Waals surface area contributed by atoms with E-state index in [0.29, 0.717) is 24.3 Å². The number of hydrogen-bond donors (Lipinski definition) is 1. The SMILES string of the molecule is COc1ccc(S(=O)(=O)N2C[C@@H]3C[C@H]2C[C@@H]3NC(=O)c2ccccc2)cc1Cl. The van der Waals surface area contributed by atoms with Crippen LogP contribution < -0.4 is 10.1 Å². The maximum absolute atomic E-state index is 13.1. The van der Waals surface area contributed by atoms with Crippen molar-refractivity contribution in [3.63, 3.8) is 0 Å². The van der Waals surface area contributed by atoms with E-state index in [1.165, 1.54) is 19.2 Å². The average molecular weight is 421 g/mol. The van der Waals surface area contributed by atoms with E-state index in [-0.39, 0.29) is 33.8 Å². The van der Waals surface area contributed by atoms with Crippen LogP contribution in [0.1, 0.15) is 23.2 Å². The largest absolute Gasteiger partial charge is 0.495 e. The zero-order valence-corrected chi connectivity index (χ0v) is 16.9. The van der Waals surface area contributed by atoms with Gasteiger partial charge in [-0.1, -0.05) is 29.8 Å². The van der Waals surface area contributed by atoms with Crippen molar-refractivity contribution >= 4 is 27.5 Å². The molecule has 0 spiro atoms. The van der Waals surface area contributed by atoms with Crippen LogP contribution >= 0.6 is 11.6 Å². The van der Waals surface area contributed by atoms with E-state index in [1.807, 2.05) is 18.2 Å². The first-order valence-electron chi connectivity index (χ1n) is 9.11. The van der Waals surface area contributed by atoms with Gasteiger partial charge in [0, 0.05) is 24.2 Å². The molecule has 1 N–H and O–H groups in total. The number of amides is 1. The zero-order valence-electron chi connectivity index (χ0n) is 15.3. The van der Waals surface area contributed by atoms with E-state index in [4.69, 9.17) is 16.3 Å². The smallest absolute Gasteiger partial charge is 0.251 e. The lowest BCUT2D eigenvalue weighted by Gasteiger charge is -2.31. The van der Waals surface area contributed by atoms with Crippen molar-refractivity contribution in [3.05, 3.63) is 59.1 Å². The lowest BCUT2D eigenvalue weighted by atomic mass is 10.0. The van der Waals surface area contributed by atoms with E-state index >= 15 is 0 Å². The van der Waals surface area contributed by atoms with Gasteiger partial charge in [0.1, 0.15) is 5.75 Å². The molecule has 2 bridgehead atoms. The molecule has 4 rings (SSSR count). The van der Waals surface area contributed by atoms with Gasteiger partial charge < -0.3 is 10.1 Å². The molecule has 2 aromatic carbocycles.